The van der Waals surface area contributed by atoms with E-state index >= 15 is 0 Å². The summed E-state index contributed by atoms with van der Waals surface area (Å²) >= 11 is 4.79. The molecule has 0 saturated carbocycles. The van der Waals surface area contributed by atoms with Gasteiger partial charge in [-0.1, -0.05) is 25.8 Å². The molecule has 1 heterocycles. The Morgan fingerprint density at radius 2 is 2.15 bits per heavy atom. The van der Waals surface area contributed by atoms with E-state index in [2.05, 4.69) is 17.6 Å². The van der Waals surface area contributed by atoms with Crippen molar-refractivity contribution in [3.63, 3.8) is 0 Å². The lowest BCUT2D eigenvalue weighted by Gasteiger charge is -1.95. The Morgan fingerprint density at radius 3 is 2.69 bits per heavy atom. The highest BCUT2D eigenvalue weighted by molar-refractivity contribution is 7.80. The van der Waals surface area contributed by atoms with Crippen LogP contribution in [-0.4, -0.2) is 11.0 Å². The zero-order valence-electron chi connectivity index (χ0n) is 7.72. The first-order valence-corrected chi connectivity index (χ1v) is 4.97. The van der Waals surface area contributed by atoms with Crippen LogP contribution >= 0.6 is 12.2 Å². The summed E-state index contributed by atoms with van der Waals surface area (Å²) in [6.45, 7) is 2.16. The molecule has 0 bridgehead atoms. The van der Waals surface area contributed by atoms with Gasteiger partial charge in [-0.15, -0.1) is 0 Å². The van der Waals surface area contributed by atoms with Gasteiger partial charge in [0.25, 0.3) is 5.91 Å². The lowest BCUT2D eigenvalue weighted by Crippen LogP contribution is -2.21. The number of nitrogens with one attached hydrogen (secondary N) is 2. The molecule has 72 valence electrons. The molecule has 1 fully saturated rings. The summed E-state index contributed by atoms with van der Waals surface area (Å²) in [5.74, 6) is -0.110. The van der Waals surface area contributed by atoms with E-state index in [1.807, 2.05) is 6.08 Å². The van der Waals surface area contributed by atoms with Crippen molar-refractivity contribution in [3.8, 4) is 0 Å². The molecule has 0 radical (unpaired) electrons. The number of hydrogen-bond acceptors (Lipinski definition) is 2. The molecule has 0 unspecified atom stereocenters. The molecule has 0 aromatic heterocycles. The quantitative estimate of drug-likeness (QED) is 0.408. The van der Waals surface area contributed by atoms with E-state index in [-0.39, 0.29) is 5.91 Å². The summed E-state index contributed by atoms with van der Waals surface area (Å²) < 4.78 is 0. The highest BCUT2D eigenvalue weighted by atomic mass is 32.1. The van der Waals surface area contributed by atoms with Crippen molar-refractivity contribution in [1.82, 2.24) is 10.6 Å². The molecule has 0 atom stereocenters. The molecule has 1 aliphatic heterocycles. The fourth-order valence-electron chi connectivity index (χ4n) is 1.17. The maximum atomic E-state index is 11.1. The molecule has 1 aliphatic rings. The Balaban J connectivity index is 2.34. The standard InChI is InChI=1S/C9H14N2OS/c1-2-3-4-5-6-7-8(12)11-9(13)10-7/h6H,2-5H2,1H3,(H2,10,11,12,13). The van der Waals surface area contributed by atoms with Crippen LogP contribution in [0, 0.1) is 0 Å². The minimum absolute atomic E-state index is 0.110. The average Bonchev–Trinajstić information content (AvgIpc) is 2.39. The first kappa shape index (κ1) is 10.2. The van der Waals surface area contributed by atoms with Gasteiger partial charge in [0.1, 0.15) is 5.70 Å². The maximum absolute atomic E-state index is 11.1. The number of carbonyl (C=O) groups excluding carboxylic acids is 1. The van der Waals surface area contributed by atoms with Gasteiger partial charge in [-0.05, 0) is 25.1 Å². The predicted octanol–water partition coefficient (Wildman–Crippen LogP) is 1.45. The number of amides is 1. The fraction of sp³-hybridized carbons (Fsp3) is 0.556. The summed E-state index contributed by atoms with van der Waals surface area (Å²) in [7, 11) is 0. The van der Waals surface area contributed by atoms with Crippen molar-refractivity contribution >= 4 is 23.2 Å². The molecule has 0 spiro atoms. The number of rotatable bonds is 4. The van der Waals surface area contributed by atoms with Gasteiger partial charge < -0.3 is 5.32 Å². The Morgan fingerprint density at radius 1 is 1.38 bits per heavy atom. The van der Waals surface area contributed by atoms with Crippen LogP contribution < -0.4 is 10.6 Å². The van der Waals surface area contributed by atoms with Crippen LogP contribution in [0.5, 0.6) is 0 Å². The lowest BCUT2D eigenvalue weighted by molar-refractivity contribution is -0.115. The van der Waals surface area contributed by atoms with E-state index in [1.165, 1.54) is 12.8 Å². The largest absolute Gasteiger partial charge is 0.328 e. The average molecular weight is 198 g/mol. The molecule has 0 aromatic carbocycles. The molecule has 13 heavy (non-hydrogen) atoms. The van der Waals surface area contributed by atoms with Gasteiger partial charge in [-0.25, -0.2) is 0 Å². The van der Waals surface area contributed by atoms with E-state index in [0.717, 1.165) is 12.8 Å². The topological polar surface area (TPSA) is 41.1 Å². The zero-order valence-corrected chi connectivity index (χ0v) is 8.54. The molecule has 1 amide bonds. The summed E-state index contributed by atoms with van der Waals surface area (Å²) in [6, 6.07) is 0. The second-order valence-corrected chi connectivity index (χ2v) is 3.43. The minimum atomic E-state index is -0.110. The number of allylic oxidation sites excluding steroid dienone is 1. The van der Waals surface area contributed by atoms with E-state index < -0.39 is 0 Å². The monoisotopic (exact) mass is 198 g/mol. The van der Waals surface area contributed by atoms with E-state index in [0.29, 0.717) is 10.8 Å². The molecule has 0 aromatic rings. The molecule has 4 heteroatoms. The smallest absolute Gasteiger partial charge is 0.273 e. The fourth-order valence-corrected chi connectivity index (χ4v) is 1.37. The van der Waals surface area contributed by atoms with Crippen LogP contribution in [0.1, 0.15) is 32.6 Å². The maximum Gasteiger partial charge on any atom is 0.273 e. The van der Waals surface area contributed by atoms with Crippen LogP contribution in [0.2, 0.25) is 0 Å². The summed E-state index contributed by atoms with van der Waals surface area (Å²) in [5, 5.41) is 5.74. The Hall–Kier alpha value is -0.900. The van der Waals surface area contributed by atoms with E-state index in [1.54, 1.807) is 0 Å². The number of unbranched alkanes of at least 4 members (excludes halogenated alkanes) is 3. The highest BCUT2D eigenvalue weighted by Crippen LogP contribution is 2.04. The normalized spacial score (nSPS) is 19.0. The van der Waals surface area contributed by atoms with Crippen LogP contribution in [0.25, 0.3) is 0 Å². The van der Waals surface area contributed by atoms with E-state index in [9.17, 15) is 4.79 Å². The van der Waals surface area contributed by atoms with Gasteiger partial charge >= 0.3 is 0 Å². The third-order valence-corrected chi connectivity index (χ3v) is 2.08. The Bertz CT molecular complexity index is 248. The predicted molar refractivity (Wildman–Crippen MR) is 56.1 cm³/mol. The molecule has 1 rings (SSSR count). The summed E-state index contributed by atoms with van der Waals surface area (Å²) in [5.41, 5.74) is 0.598. The van der Waals surface area contributed by atoms with Crippen LogP contribution in [-0.2, 0) is 4.79 Å². The second-order valence-electron chi connectivity index (χ2n) is 3.02. The highest BCUT2D eigenvalue weighted by Gasteiger charge is 2.18. The van der Waals surface area contributed by atoms with Crippen molar-refractivity contribution in [2.75, 3.05) is 0 Å². The third kappa shape index (κ3) is 3.14. The van der Waals surface area contributed by atoms with Gasteiger partial charge in [0.2, 0.25) is 0 Å². The first-order valence-electron chi connectivity index (χ1n) is 4.56. The Labute approximate surface area is 83.6 Å². The van der Waals surface area contributed by atoms with Crippen molar-refractivity contribution in [3.05, 3.63) is 11.8 Å². The SMILES string of the molecule is CCCCCC=C1NC(=S)NC1=O. The van der Waals surface area contributed by atoms with Gasteiger partial charge in [-0.2, -0.15) is 0 Å². The van der Waals surface area contributed by atoms with E-state index in [4.69, 9.17) is 12.2 Å². The van der Waals surface area contributed by atoms with Gasteiger partial charge in [0, 0.05) is 0 Å². The lowest BCUT2D eigenvalue weighted by atomic mass is 10.2. The van der Waals surface area contributed by atoms with Crippen molar-refractivity contribution in [2.24, 2.45) is 0 Å². The van der Waals surface area contributed by atoms with Crippen LogP contribution in [0.3, 0.4) is 0 Å². The molecular formula is C9H14N2OS. The number of carbonyl (C=O) groups is 1. The Kier molecular flexibility index (Phi) is 3.89. The molecular weight excluding hydrogens is 184 g/mol. The van der Waals surface area contributed by atoms with Crippen LogP contribution in [0.4, 0.5) is 0 Å². The zero-order chi connectivity index (χ0) is 9.68. The third-order valence-electron chi connectivity index (χ3n) is 1.88. The number of thiocarbonyl (C=S) groups is 1. The number of hydrogen-bond donors (Lipinski definition) is 2. The first-order chi connectivity index (χ1) is 6.24. The molecule has 2 N–H and O–H groups in total. The summed E-state index contributed by atoms with van der Waals surface area (Å²) in [4.78, 5) is 11.1. The molecule has 3 nitrogen and oxygen atoms in total. The molecule has 0 aliphatic carbocycles. The van der Waals surface area contributed by atoms with Crippen LogP contribution in [0.15, 0.2) is 11.8 Å². The van der Waals surface area contributed by atoms with Crippen molar-refractivity contribution < 1.29 is 4.79 Å². The minimum Gasteiger partial charge on any atom is -0.328 e. The van der Waals surface area contributed by atoms with Crippen molar-refractivity contribution in [1.29, 1.82) is 0 Å². The van der Waals surface area contributed by atoms with Gasteiger partial charge in [-0.3, -0.25) is 10.1 Å². The molecule has 1 saturated heterocycles. The van der Waals surface area contributed by atoms with Gasteiger partial charge in [0.05, 0.1) is 0 Å². The van der Waals surface area contributed by atoms with Gasteiger partial charge in [0.15, 0.2) is 5.11 Å². The summed E-state index contributed by atoms with van der Waals surface area (Å²) in [6.07, 6.45) is 6.37. The van der Waals surface area contributed by atoms with Crippen molar-refractivity contribution in [2.45, 2.75) is 32.6 Å². The second kappa shape index (κ2) is 4.97.